The molecule has 0 aliphatic carbocycles. The van der Waals surface area contributed by atoms with Crippen molar-refractivity contribution in [3.63, 3.8) is 0 Å². The molecule has 2 heterocycles. The van der Waals surface area contributed by atoms with E-state index < -0.39 is 5.60 Å². The fraction of sp³-hybridized carbons (Fsp3) is 0.400. The highest BCUT2D eigenvalue weighted by atomic mass is 35.5. The van der Waals surface area contributed by atoms with Crippen molar-refractivity contribution in [1.82, 2.24) is 14.5 Å². The monoisotopic (exact) mass is 487 g/mol. The lowest BCUT2D eigenvalue weighted by atomic mass is 10.1. The zero-order valence-corrected chi connectivity index (χ0v) is 20.0. The Morgan fingerprint density at radius 3 is 2.76 bits per heavy atom. The maximum absolute atomic E-state index is 11.2. The molecule has 1 atom stereocenters. The van der Waals surface area contributed by atoms with Crippen molar-refractivity contribution in [2.24, 2.45) is 0 Å². The number of hydrogen-bond acceptors (Lipinski definition) is 7. The Kier molecular flexibility index (Phi) is 8.29. The fourth-order valence-electron chi connectivity index (χ4n) is 3.84. The lowest BCUT2D eigenvalue weighted by molar-refractivity contribution is -0.0646. The molecule has 1 saturated heterocycles. The Bertz CT molecular complexity index is 1030. The van der Waals surface area contributed by atoms with Gasteiger partial charge in [0.05, 0.1) is 33.2 Å². The first-order valence-electron chi connectivity index (χ1n) is 11.2. The van der Waals surface area contributed by atoms with Crippen LogP contribution in [0.1, 0.15) is 5.56 Å². The maximum Gasteiger partial charge on any atom is 0.161 e. The molecular formula is C25H30ClN3O5. The summed E-state index contributed by atoms with van der Waals surface area (Å²) >= 11 is 5.94. The largest absolute Gasteiger partial charge is 0.493 e. The molecule has 1 aromatic heterocycles. The summed E-state index contributed by atoms with van der Waals surface area (Å²) in [6, 6.07) is 13.0. The van der Waals surface area contributed by atoms with Crippen LogP contribution in [0.25, 0.3) is 0 Å². The number of halogens is 1. The van der Waals surface area contributed by atoms with Crippen molar-refractivity contribution < 1.29 is 24.1 Å². The number of β-amino-alcohol motifs (C(OH)–C–C–N with tert-alkyl or cyclic N) is 1. The normalized spacial score (nSPS) is 18.9. The van der Waals surface area contributed by atoms with Gasteiger partial charge < -0.3 is 28.6 Å². The number of benzene rings is 2. The topological polar surface area (TPSA) is 78.2 Å². The van der Waals surface area contributed by atoms with Crippen LogP contribution < -0.4 is 14.2 Å². The van der Waals surface area contributed by atoms with Crippen molar-refractivity contribution >= 4 is 11.6 Å². The highest BCUT2D eigenvalue weighted by Gasteiger charge is 2.33. The summed E-state index contributed by atoms with van der Waals surface area (Å²) < 4.78 is 24.9. The molecule has 2 aromatic carbocycles. The maximum atomic E-state index is 11.2. The third-order valence-corrected chi connectivity index (χ3v) is 5.81. The molecule has 0 spiro atoms. The van der Waals surface area contributed by atoms with Crippen LogP contribution in [0.4, 0.5) is 0 Å². The lowest BCUT2D eigenvalue weighted by Gasteiger charge is -2.30. The van der Waals surface area contributed by atoms with Crippen LogP contribution >= 0.6 is 11.6 Å². The van der Waals surface area contributed by atoms with E-state index in [0.717, 1.165) is 5.56 Å². The van der Waals surface area contributed by atoms with E-state index in [1.54, 1.807) is 43.9 Å². The van der Waals surface area contributed by atoms with E-state index in [2.05, 4.69) is 9.88 Å². The van der Waals surface area contributed by atoms with Gasteiger partial charge >= 0.3 is 0 Å². The summed E-state index contributed by atoms with van der Waals surface area (Å²) in [5, 5.41) is 11.8. The summed E-state index contributed by atoms with van der Waals surface area (Å²) in [5.74, 6) is 2.02. The number of imidazole rings is 1. The van der Waals surface area contributed by atoms with Crippen molar-refractivity contribution in [2.75, 3.05) is 46.6 Å². The highest BCUT2D eigenvalue weighted by molar-refractivity contribution is 6.30. The number of ether oxygens (including phenoxy) is 4. The number of aromatic nitrogens is 2. The van der Waals surface area contributed by atoms with Gasteiger partial charge in [-0.1, -0.05) is 17.7 Å². The van der Waals surface area contributed by atoms with E-state index in [-0.39, 0.29) is 13.2 Å². The molecular weight excluding hydrogens is 458 g/mol. The Morgan fingerprint density at radius 1 is 1.15 bits per heavy atom. The minimum atomic E-state index is -1.13. The molecule has 1 fully saturated rings. The van der Waals surface area contributed by atoms with Crippen molar-refractivity contribution in [1.29, 1.82) is 0 Å². The SMILES string of the molecule is COc1ccc(CN2CCOC[C@@](O)(COc3ccc(Cl)cc3)C2)cc1OCCn1ccnc1. The second-order valence-electron chi connectivity index (χ2n) is 8.36. The molecule has 8 nitrogen and oxygen atoms in total. The molecule has 0 bridgehead atoms. The van der Waals surface area contributed by atoms with Crippen molar-refractivity contribution in [3.05, 3.63) is 71.8 Å². The van der Waals surface area contributed by atoms with Gasteiger partial charge in [0, 0.05) is 37.1 Å². The summed E-state index contributed by atoms with van der Waals surface area (Å²) in [4.78, 5) is 6.21. The number of hydrogen-bond donors (Lipinski definition) is 1. The van der Waals surface area contributed by atoms with Crippen LogP contribution in [-0.2, 0) is 17.8 Å². The van der Waals surface area contributed by atoms with Gasteiger partial charge in [-0.3, -0.25) is 4.90 Å². The first-order valence-corrected chi connectivity index (χ1v) is 11.6. The Balaban J connectivity index is 1.37. The molecule has 3 aromatic rings. The molecule has 0 amide bonds. The van der Waals surface area contributed by atoms with Gasteiger partial charge in [0.1, 0.15) is 24.6 Å². The van der Waals surface area contributed by atoms with Gasteiger partial charge in [-0.05, 0) is 42.0 Å². The Labute approximate surface area is 204 Å². The van der Waals surface area contributed by atoms with Crippen LogP contribution in [0, 0.1) is 0 Å². The van der Waals surface area contributed by atoms with Crippen LogP contribution in [0.15, 0.2) is 61.2 Å². The predicted molar refractivity (Wildman–Crippen MR) is 129 cm³/mol. The molecule has 182 valence electrons. The van der Waals surface area contributed by atoms with E-state index >= 15 is 0 Å². The molecule has 0 unspecified atom stereocenters. The van der Waals surface area contributed by atoms with E-state index in [4.69, 9.17) is 30.5 Å². The minimum absolute atomic E-state index is 0.121. The first kappa shape index (κ1) is 24.3. The summed E-state index contributed by atoms with van der Waals surface area (Å²) in [5.41, 5.74) is -0.0754. The zero-order chi connectivity index (χ0) is 23.8. The number of aliphatic hydroxyl groups is 1. The fourth-order valence-corrected chi connectivity index (χ4v) is 3.96. The third-order valence-electron chi connectivity index (χ3n) is 5.56. The molecule has 1 aliphatic heterocycles. The highest BCUT2D eigenvalue weighted by Crippen LogP contribution is 2.29. The van der Waals surface area contributed by atoms with Gasteiger partial charge in [0.15, 0.2) is 11.5 Å². The summed E-state index contributed by atoms with van der Waals surface area (Å²) in [6.07, 6.45) is 5.40. The van der Waals surface area contributed by atoms with E-state index in [0.29, 0.717) is 61.7 Å². The standard InChI is InChI=1S/C25H30ClN3O5/c1-31-23-7-2-20(14-24(23)33-13-11-28-9-8-27-19-28)15-29-10-12-32-17-25(30,16-29)18-34-22-5-3-21(26)4-6-22/h2-9,14,19,30H,10-13,15-18H2,1H3/t25-/m1/s1. The molecule has 9 heteroatoms. The smallest absolute Gasteiger partial charge is 0.161 e. The molecule has 0 saturated carbocycles. The van der Waals surface area contributed by atoms with E-state index in [1.165, 1.54) is 0 Å². The number of methoxy groups -OCH3 is 1. The minimum Gasteiger partial charge on any atom is -0.493 e. The van der Waals surface area contributed by atoms with Crippen molar-refractivity contribution in [3.8, 4) is 17.2 Å². The second-order valence-corrected chi connectivity index (χ2v) is 8.80. The molecule has 34 heavy (non-hydrogen) atoms. The van der Waals surface area contributed by atoms with Crippen LogP contribution in [-0.4, -0.2) is 71.8 Å². The Morgan fingerprint density at radius 2 is 2.00 bits per heavy atom. The molecule has 1 N–H and O–H groups in total. The first-order chi connectivity index (χ1) is 16.5. The Hall–Kier alpha value is -2.78. The van der Waals surface area contributed by atoms with Crippen LogP contribution in [0.3, 0.4) is 0 Å². The van der Waals surface area contributed by atoms with Gasteiger partial charge in [0.2, 0.25) is 0 Å². The van der Waals surface area contributed by atoms with Crippen LogP contribution in [0.2, 0.25) is 5.02 Å². The van der Waals surface area contributed by atoms with Crippen LogP contribution in [0.5, 0.6) is 17.2 Å². The predicted octanol–water partition coefficient (Wildman–Crippen LogP) is 3.27. The van der Waals surface area contributed by atoms with Crippen molar-refractivity contribution in [2.45, 2.75) is 18.7 Å². The van der Waals surface area contributed by atoms with Gasteiger partial charge in [-0.25, -0.2) is 4.98 Å². The quantitative estimate of drug-likeness (QED) is 0.470. The van der Waals surface area contributed by atoms with Gasteiger partial charge in [-0.15, -0.1) is 0 Å². The lowest BCUT2D eigenvalue weighted by Crippen LogP contribution is -2.48. The second kappa shape index (κ2) is 11.6. The summed E-state index contributed by atoms with van der Waals surface area (Å²) in [6.45, 7) is 3.81. The van der Waals surface area contributed by atoms with Gasteiger partial charge in [-0.2, -0.15) is 0 Å². The third kappa shape index (κ3) is 6.87. The molecule has 0 radical (unpaired) electrons. The zero-order valence-electron chi connectivity index (χ0n) is 19.2. The van der Waals surface area contributed by atoms with E-state index in [9.17, 15) is 5.11 Å². The number of nitrogens with zero attached hydrogens (tertiary/aromatic N) is 3. The van der Waals surface area contributed by atoms with E-state index in [1.807, 2.05) is 29.0 Å². The number of rotatable bonds is 10. The average molecular weight is 488 g/mol. The average Bonchev–Trinajstić information content (AvgIpc) is 3.28. The van der Waals surface area contributed by atoms with Gasteiger partial charge in [0.25, 0.3) is 0 Å². The molecule has 4 rings (SSSR count). The molecule has 1 aliphatic rings. The summed E-state index contributed by atoms with van der Waals surface area (Å²) in [7, 11) is 1.63.